The first-order valence-corrected chi connectivity index (χ1v) is 11.9. The van der Waals surface area contributed by atoms with Gasteiger partial charge in [0.25, 0.3) is 0 Å². The van der Waals surface area contributed by atoms with Crippen LogP contribution in [0.2, 0.25) is 0 Å². The zero-order chi connectivity index (χ0) is 22.0. The van der Waals surface area contributed by atoms with E-state index in [1.807, 2.05) is 11.1 Å². The number of nitrogens with zero attached hydrogens (tertiary/aromatic N) is 4. The lowest BCUT2D eigenvalue weighted by Crippen LogP contribution is -2.49. The van der Waals surface area contributed by atoms with Gasteiger partial charge in [-0.3, -0.25) is 9.69 Å². The molecule has 2 fully saturated rings. The van der Waals surface area contributed by atoms with E-state index in [9.17, 15) is 4.79 Å². The molecule has 5 rings (SSSR count). The molecule has 2 N–H and O–H groups in total. The Hall–Kier alpha value is -2.51. The number of carbonyl (C=O) groups is 1. The molecule has 1 aromatic carbocycles. The van der Waals surface area contributed by atoms with Crippen molar-refractivity contribution < 1.29 is 9.53 Å². The number of carbonyl (C=O) groups excluding carboxylic acids is 1. The van der Waals surface area contributed by atoms with Crippen LogP contribution in [0.4, 0.5) is 5.95 Å². The van der Waals surface area contributed by atoms with E-state index in [1.165, 1.54) is 5.56 Å². The summed E-state index contributed by atoms with van der Waals surface area (Å²) in [4.78, 5) is 26.2. The van der Waals surface area contributed by atoms with Gasteiger partial charge in [0.1, 0.15) is 5.60 Å². The number of rotatable bonds is 4. The Kier molecular flexibility index (Phi) is 6.11. The van der Waals surface area contributed by atoms with E-state index < -0.39 is 5.60 Å². The highest BCUT2D eigenvalue weighted by Gasteiger charge is 2.43. The van der Waals surface area contributed by atoms with Crippen LogP contribution in [0.25, 0.3) is 0 Å². The van der Waals surface area contributed by atoms with Crippen molar-refractivity contribution in [2.45, 2.75) is 50.7 Å². The van der Waals surface area contributed by atoms with Gasteiger partial charge in [-0.05, 0) is 62.2 Å². The molecule has 2 saturated heterocycles. The lowest BCUT2D eigenvalue weighted by Gasteiger charge is -2.44. The minimum Gasteiger partial charge on any atom is -0.368 e. The largest absolute Gasteiger partial charge is 0.368 e. The summed E-state index contributed by atoms with van der Waals surface area (Å²) in [6, 6.07) is 10.6. The maximum atomic E-state index is 13.0. The van der Waals surface area contributed by atoms with Crippen LogP contribution in [0.5, 0.6) is 0 Å². The molecule has 3 aliphatic rings. The summed E-state index contributed by atoms with van der Waals surface area (Å²) >= 11 is 0. The molecular formula is C25H33N5O2. The molecule has 0 saturated carbocycles. The Balaban J connectivity index is 1.12. The molecule has 7 nitrogen and oxygen atoms in total. The van der Waals surface area contributed by atoms with Gasteiger partial charge in [0.15, 0.2) is 0 Å². The molecule has 0 atom stereocenters. The lowest BCUT2D eigenvalue weighted by atomic mass is 9.83. The molecule has 7 heteroatoms. The molecule has 170 valence electrons. The number of hydrogen-bond donors (Lipinski definition) is 1. The van der Waals surface area contributed by atoms with Gasteiger partial charge in [0, 0.05) is 32.3 Å². The quantitative estimate of drug-likeness (QED) is 0.795. The number of aromatic nitrogens is 2. The molecule has 4 heterocycles. The second-order valence-electron chi connectivity index (χ2n) is 9.48. The predicted molar refractivity (Wildman–Crippen MR) is 123 cm³/mol. The molecule has 2 aromatic rings. The molecule has 3 aliphatic heterocycles. The van der Waals surface area contributed by atoms with Crippen molar-refractivity contribution >= 4 is 11.9 Å². The van der Waals surface area contributed by atoms with Gasteiger partial charge in [-0.15, -0.1) is 0 Å². The van der Waals surface area contributed by atoms with E-state index in [2.05, 4.69) is 45.2 Å². The Morgan fingerprint density at radius 3 is 2.62 bits per heavy atom. The van der Waals surface area contributed by atoms with Gasteiger partial charge in [-0.2, -0.15) is 0 Å². The van der Waals surface area contributed by atoms with Crippen LogP contribution in [0.15, 0.2) is 36.5 Å². The number of piperidine rings is 2. The summed E-state index contributed by atoms with van der Waals surface area (Å²) in [5.41, 5.74) is 8.88. The first-order valence-electron chi connectivity index (χ1n) is 11.9. The van der Waals surface area contributed by atoms with Crippen molar-refractivity contribution in [1.82, 2.24) is 19.8 Å². The normalized spacial score (nSPS) is 21.4. The van der Waals surface area contributed by atoms with Gasteiger partial charge in [0.2, 0.25) is 11.9 Å². The van der Waals surface area contributed by atoms with E-state index in [-0.39, 0.29) is 0 Å². The minimum absolute atomic E-state index is 0.291. The smallest absolute Gasteiger partial charge is 0.222 e. The predicted octanol–water partition coefficient (Wildman–Crippen LogP) is 2.75. The third-order valence-corrected chi connectivity index (χ3v) is 7.41. The summed E-state index contributed by atoms with van der Waals surface area (Å²) in [5.74, 6) is 1.08. The fourth-order valence-electron chi connectivity index (χ4n) is 5.49. The highest BCUT2D eigenvalue weighted by Crippen LogP contribution is 2.40. The number of likely N-dealkylation sites (tertiary alicyclic amines) is 2. The van der Waals surface area contributed by atoms with E-state index in [0.29, 0.717) is 30.8 Å². The number of nitrogens with two attached hydrogens (primary N) is 1. The van der Waals surface area contributed by atoms with E-state index in [1.54, 1.807) is 0 Å². The van der Waals surface area contributed by atoms with Crippen LogP contribution in [0.3, 0.4) is 0 Å². The van der Waals surface area contributed by atoms with E-state index >= 15 is 0 Å². The molecule has 1 spiro atoms. The second kappa shape index (κ2) is 9.16. The summed E-state index contributed by atoms with van der Waals surface area (Å²) in [5, 5.41) is 0. The SMILES string of the molecule is Nc1ncc2c(n1)C1(CCN(C(=O)CC3CCN(Cc4ccccc4)CC3)CC1)OCC2. The van der Waals surface area contributed by atoms with Crippen molar-refractivity contribution in [2.24, 2.45) is 5.92 Å². The molecule has 0 radical (unpaired) electrons. The number of fused-ring (bicyclic) bond motifs is 2. The topological polar surface area (TPSA) is 84.6 Å². The Morgan fingerprint density at radius 2 is 1.88 bits per heavy atom. The second-order valence-corrected chi connectivity index (χ2v) is 9.48. The van der Waals surface area contributed by atoms with Crippen molar-refractivity contribution in [1.29, 1.82) is 0 Å². The highest BCUT2D eigenvalue weighted by molar-refractivity contribution is 5.76. The first-order chi connectivity index (χ1) is 15.6. The molecule has 0 bridgehead atoms. The molecular weight excluding hydrogens is 402 g/mol. The van der Waals surface area contributed by atoms with Crippen LogP contribution in [-0.2, 0) is 28.1 Å². The number of ether oxygens (including phenoxy) is 1. The van der Waals surface area contributed by atoms with E-state index in [0.717, 1.165) is 76.1 Å². The van der Waals surface area contributed by atoms with Gasteiger partial charge < -0.3 is 15.4 Å². The Morgan fingerprint density at radius 1 is 1.12 bits per heavy atom. The average molecular weight is 436 g/mol. The summed E-state index contributed by atoms with van der Waals surface area (Å²) in [6.07, 6.45) is 7.08. The maximum Gasteiger partial charge on any atom is 0.222 e. The van der Waals surface area contributed by atoms with Gasteiger partial charge in [-0.1, -0.05) is 30.3 Å². The summed E-state index contributed by atoms with van der Waals surface area (Å²) < 4.78 is 6.24. The Bertz CT molecular complexity index is 935. The zero-order valence-corrected chi connectivity index (χ0v) is 18.7. The fourth-order valence-corrected chi connectivity index (χ4v) is 5.49. The van der Waals surface area contributed by atoms with Crippen molar-refractivity contribution in [3.8, 4) is 0 Å². The number of hydrogen-bond acceptors (Lipinski definition) is 6. The first kappa shape index (κ1) is 21.3. The summed E-state index contributed by atoms with van der Waals surface area (Å²) in [7, 11) is 0. The monoisotopic (exact) mass is 435 g/mol. The Labute approximate surface area is 190 Å². The van der Waals surface area contributed by atoms with Crippen molar-refractivity contribution in [3.63, 3.8) is 0 Å². The number of amides is 1. The third kappa shape index (κ3) is 4.50. The van der Waals surface area contributed by atoms with Crippen LogP contribution in [-0.4, -0.2) is 58.5 Å². The maximum absolute atomic E-state index is 13.0. The average Bonchev–Trinajstić information content (AvgIpc) is 2.82. The van der Waals surface area contributed by atoms with Gasteiger partial charge in [0.05, 0.1) is 12.3 Å². The molecule has 0 aliphatic carbocycles. The zero-order valence-electron chi connectivity index (χ0n) is 18.7. The number of anilines is 1. The van der Waals surface area contributed by atoms with Crippen LogP contribution < -0.4 is 5.73 Å². The van der Waals surface area contributed by atoms with Gasteiger partial charge >= 0.3 is 0 Å². The standard InChI is InChI=1S/C25H33N5O2/c26-24-27-17-21-8-15-32-25(23(21)28-24)9-13-30(14-10-25)22(31)16-19-6-11-29(12-7-19)18-20-4-2-1-3-5-20/h1-5,17,19H,6-16,18H2,(H2,26,27,28). The van der Waals surface area contributed by atoms with E-state index in [4.69, 9.17) is 10.5 Å². The number of benzene rings is 1. The fraction of sp³-hybridized carbons (Fsp3) is 0.560. The van der Waals surface area contributed by atoms with Crippen LogP contribution in [0, 0.1) is 5.92 Å². The van der Waals surface area contributed by atoms with Crippen molar-refractivity contribution in [3.05, 3.63) is 53.3 Å². The van der Waals surface area contributed by atoms with Crippen molar-refractivity contribution in [2.75, 3.05) is 38.5 Å². The third-order valence-electron chi connectivity index (χ3n) is 7.41. The minimum atomic E-state index is -0.412. The van der Waals surface area contributed by atoms with Crippen LogP contribution >= 0.6 is 0 Å². The lowest BCUT2D eigenvalue weighted by molar-refractivity contribution is -0.142. The molecule has 32 heavy (non-hydrogen) atoms. The molecule has 0 unspecified atom stereocenters. The van der Waals surface area contributed by atoms with Gasteiger partial charge in [-0.25, -0.2) is 9.97 Å². The van der Waals surface area contributed by atoms with Crippen LogP contribution in [0.1, 0.15) is 48.9 Å². The molecule has 1 aromatic heterocycles. The highest BCUT2D eigenvalue weighted by atomic mass is 16.5. The summed E-state index contributed by atoms with van der Waals surface area (Å²) in [6.45, 7) is 5.26. The number of nitrogen functional groups attached to an aromatic ring is 1. The molecule has 1 amide bonds.